The minimum Gasteiger partial charge on any atom is -0.489 e. The monoisotopic (exact) mass is 637 g/mol. The molecule has 0 unspecified atom stereocenters. The molecule has 216 valence electrons. The lowest BCUT2D eigenvalue weighted by Crippen LogP contribution is -2.08. The van der Waals surface area contributed by atoms with Gasteiger partial charge in [-0.25, -0.2) is 9.67 Å². The van der Waals surface area contributed by atoms with E-state index in [9.17, 15) is 13.2 Å². The second kappa shape index (κ2) is 11.6. The summed E-state index contributed by atoms with van der Waals surface area (Å²) < 4.78 is 51.4. The van der Waals surface area contributed by atoms with Crippen molar-refractivity contribution in [2.24, 2.45) is 0 Å². The molecule has 2 heterocycles. The van der Waals surface area contributed by atoms with E-state index in [0.717, 1.165) is 17.2 Å². The molecule has 2 aromatic heterocycles. The van der Waals surface area contributed by atoms with E-state index in [-0.39, 0.29) is 29.0 Å². The summed E-state index contributed by atoms with van der Waals surface area (Å²) >= 11 is 18.3. The van der Waals surface area contributed by atoms with Crippen molar-refractivity contribution in [2.45, 2.75) is 19.7 Å². The van der Waals surface area contributed by atoms with Crippen LogP contribution in [0.2, 0.25) is 15.1 Å². The van der Waals surface area contributed by atoms with E-state index >= 15 is 0 Å². The number of fused-ring (bicyclic) bond motifs is 1. The fourth-order valence-corrected chi connectivity index (χ4v) is 5.21. The van der Waals surface area contributed by atoms with Gasteiger partial charge in [-0.1, -0.05) is 76.8 Å². The molecule has 0 radical (unpaired) electrons. The minimum absolute atomic E-state index is 0.0580. The van der Waals surface area contributed by atoms with Gasteiger partial charge in [0.25, 0.3) is 0 Å². The van der Waals surface area contributed by atoms with Gasteiger partial charge in [0.15, 0.2) is 5.65 Å². The Bertz CT molecular complexity index is 1950. The first-order valence-corrected chi connectivity index (χ1v) is 14.2. The first-order chi connectivity index (χ1) is 20.6. The van der Waals surface area contributed by atoms with Crippen LogP contribution in [0.5, 0.6) is 5.75 Å². The molecule has 6 aromatic rings. The molecular formula is C33H21Cl3F3N3O. The Balaban J connectivity index is 1.46. The average molecular weight is 639 g/mol. The number of pyridine rings is 1. The van der Waals surface area contributed by atoms with Crippen LogP contribution in [0.3, 0.4) is 0 Å². The molecule has 10 heteroatoms. The first-order valence-electron chi connectivity index (χ1n) is 13.1. The Labute approximate surface area is 260 Å². The summed E-state index contributed by atoms with van der Waals surface area (Å²) in [5, 5.41) is 5.83. The van der Waals surface area contributed by atoms with Crippen LogP contribution in [0.4, 0.5) is 13.2 Å². The smallest absolute Gasteiger partial charge is 0.417 e. The number of hydrogen-bond donors (Lipinski definition) is 0. The molecule has 0 aliphatic rings. The summed E-state index contributed by atoms with van der Waals surface area (Å²) in [5.41, 5.74) is 2.83. The zero-order chi connectivity index (χ0) is 30.3. The number of aryl methyl sites for hydroxylation is 1. The molecule has 0 atom stereocenters. The first kappa shape index (κ1) is 29.1. The number of ether oxygens (including phenoxy) is 1. The average Bonchev–Trinajstić information content (AvgIpc) is 3.37. The number of halogens is 6. The molecular weight excluding hydrogens is 618 g/mol. The highest BCUT2D eigenvalue weighted by molar-refractivity contribution is 6.42. The van der Waals surface area contributed by atoms with E-state index in [1.165, 1.54) is 4.68 Å². The van der Waals surface area contributed by atoms with Gasteiger partial charge < -0.3 is 4.74 Å². The fourth-order valence-electron chi connectivity index (χ4n) is 4.71. The van der Waals surface area contributed by atoms with Crippen molar-refractivity contribution in [1.29, 1.82) is 0 Å². The molecule has 4 nitrogen and oxygen atoms in total. The second-order valence-corrected chi connectivity index (χ2v) is 11.2. The van der Waals surface area contributed by atoms with Crippen molar-refractivity contribution in [3.8, 4) is 34.0 Å². The van der Waals surface area contributed by atoms with Gasteiger partial charge in [-0.2, -0.15) is 18.3 Å². The topological polar surface area (TPSA) is 39.9 Å². The number of aromatic nitrogens is 3. The molecule has 0 fully saturated rings. The van der Waals surface area contributed by atoms with Gasteiger partial charge >= 0.3 is 6.18 Å². The molecule has 0 bridgehead atoms. The van der Waals surface area contributed by atoms with Crippen molar-refractivity contribution in [3.05, 3.63) is 129 Å². The Morgan fingerprint density at radius 3 is 2.19 bits per heavy atom. The largest absolute Gasteiger partial charge is 0.489 e. The summed E-state index contributed by atoms with van der Waals surface area (Å²) in [6.45, 7) is 2.14. The standard InChI is InChI=1S/C33H21Cl3F3N3O/c1-19-5-8-22(9-6-19)31-30-26(33(37,38)39)17-29(40-32(30)42(41-31)24-4-2-3-23(34)16-24)21-10-12-25(13-11-21)43-18-20-7-14-27(35)28(36)15-20/h2-17H,18H2,1H3. The van der Waals surface area contributed by atoms with E-state index in [1.807, 2.05) is 19.1 Å². The van der Waals surface area contributed by atoms with Gasteiger partial charge in [-0.05, 0) is 73.2 Å². The van der Waals surface area contributed by atoms with Crippen molar-refractivity contribution in [1.82, 2.24) is 14.8 Å². The number of nitrogens with zero attached hydrogens (tertiary/aromatic N) is 3. The molecule has 0 spiro atoms. The van der Waals surface area contributed by atoms with Crippen molar-refractivity contribution >= 4 is 45.8 Å². The third-order valence-corrected chi connectivity index (χ3v) is 7.83. The maximum absolute atomic E-state index is 14.7. The van der Waals surface area contributed by atoms with E-state index in [4.69, 9.17) is 44.5 Å². The summed E-state index contributed by atoms with van der Waals surface area (Å²) in [4.78, 5) is 4.72. The Kier molecular flexibility index (Phi) is 7.81. The van der Waals surface area contributed by atoms with E-state index < -0.39 is 11.7 Å². The predicted molar refractivity (Wildman–Crippen MR) is 165 cm³/mol. The summed E-state index contributed by atoms with van der Waals surface area (Å²) in [7, 11) is 0. The lowest BCUT2D eigenvalue weighted by Gasteiger charge is -2.13. The van der Waals surface area contributed by atoms with Gasteiger partial charge in [0.1, 0.15) is 18.1 Å². The zero-order valence-corrected chi connectivity index (χ0v) is 24.7. The van der Waals surface area contributed by atoms with E-state index in [1.54, 1.807) is 78.9 Å². The van der Waals surface area contributed by atoms with Crippen LogP contribution in [0.1, 0.15) is 16.7 Å². The van der Waals surface area contributed by atoms with Gasteiger partial charge in [-0.3, -0.25) is 0 Å². The van der Waals surface area contributed by atoms with Gasteiger partial charge in [0.2, 0.25) is 0 Å². The molecule has 0 saturated carbocycles. The normalized spacial score (nSPS) is 11.7. The molecule has 0 aliphatic carbocycles. The van der Waals surface area contributed by atoms with Crippen LogP contribution in [0.15, 0.2) is 97.1 Å². The molecule has 6 rings (SSSR count). The van der Waals surface area contributed by atoms with Crippen LogP contribution in [-0.4, -0.2) is 14.8 Å². The number of hydrogen-bond acceptors (Lipinski definition) is 3. The summed E-state index contributed by atoms with van der Waals surface area (Å²) in [6, 6.07) is 26.9. The highest BCUT2D eigenvalue weighted by Crippen LogP contribution is 2.42. The van der Waals surface area contributed by atoms with E-state index in [2.05, 4.69) is 5.10 Å². The number of rotatable bonds is 6. The van der Waals surface area contributed by atoms with Crippen molar-refractivity contribution in [2.75, 3.05) is 0 Å². The Hall–Kier alpha value is -4.04. The predicted octanol–water partition coefficient (Wildman–Crippen LogP) is 10.6. The van der Waals surface area contributed by atoms with Crippen molar-refractivity contribution in [3.63, 3.8) is 0 Å². The maximum atomic E-state index is 14.7. The third-order valence-electron chi connectivity index (χ3n) is 6.86. The number of alkyl halides is 3. The van der Waals surface area contributed by atoms with Crippen LogP contribution in [0.25, 0.3) is 39.2 Å². The van der Waals surface area contributed by atoms with Crippen LogP contribution in [0, 0.1) is 6.92 Å². The molecule has 0 saturated heterocycles. The highest BCUT2D eigenvalue weighted by atomic mass is 35.5. The second-order valence-electron chi connectivity index (χ2n) is 9.92. The van der Waals surface area contributed by atoms with E-state index in [0.29, 0.717) is 37.6 Å². The van der Waals surface area contributed by atoms with Crippen molar-refractivity contribution < 1.29 is 17.9 Å². The van der Waals surface area contributed by atoms with Crippen LogP contribution in [-0.2, 0) is 12.8 Å². The quantitative estimate of drug-likeness (QED) is 0.182. The zero-order valence-electron chi connectivity index (χ0n) is 22.5. The van der Waals surface area contributed by atoms with Crippen LogP contribution >= 0.6 is 34.8 Å². The van der Waals surface area contributed by atoms with Gasteiger partial charge in [-0.15, -0.1) is 0 Å². The summed E-state index contributed by atoms with van der Waals surface area (Å²) in [6.07, 6.45) is -4.68. The number of benzene rings is 4. The molecule has 0 aliphatic heterocycles. The molecule has 4 aromatic carbocycles. The van der Waals surface area contributed by atoms with Gasteiger partial charge in [0.05, 0.1) is 32.4 Å². The summed E-state index contributed by atoms with van der Waals surface area (Å²) in [5.74, 6) is 0.526. The molecule has 43 heavy (non-hydrogen) atoms. The molecule has 0 N–H and O–H groups in total. The lowest BCUT2D eigenvalue weighted by molar-refractivity contribution is -0.136. The Morgan fingerprint density at radius 1 is 0.791 bits per heavy atom. The minimum atomic E-state index is -4.68. The Morgan fingerprint density at radius 2 is 1.51 bits per heavy atom. The highest BCUT2D eigenvalue weighted by Gasteiger charge is 2.36. The lowest BCUT2D eigenvalue weighted by atomic mass is 10.0. The fraction of sp³-hybridized carbons (Fsp3) is 0.0909. The van der Waals surface area contributed by atoms with Crippen LogP contribution < -0.4 is 4.74 Å². The van der Waals surface area contributed by atoms with Gasteiger partial charge in [0, 0.05) is 16.1 Å². The third kappa shape index (κ3) is 6.07. The SMILES string of the molecule is Cc1ccc(-c2nn(-c3cccc(Cl)c3)c3nc(-c4ccc(OCc5ccc(Cl)c(Cl)c5)cc4)cc(C(F)(F)F)c23)cc1. The maximum Gasteiger partial charge on any atom is 0.417 e. The molecule has 0 amide bonds.